The fourth-order valence-electron chi connectivity index (χ4n) is 4.59. The van der Waals surface area contributed by atoms with E-state index >= 15 is 0 Å². The molecule has 0 aromatic heterocycles. The summed E-state index contributed by atoms with van der Waals surface area (Å²) >= 11 is 0. The fraction of sp³-hybridized carbons (Fsp3) is 0.344. The van der Waals surface area contributed by atoms with Gasteiger partial charge in [0.05, 0.1) is 0 Å². The van der Waals surface area contributed by atoms with Gasteiger partial charge >= 0.3 is 0 Å². The number of nitrogens with zero attached hydrogens (tertiary/aromatic N) is 2. The lowest BCUT2D eigenvalue weighted by molar-refractivity contribution is -0.146. The average molecular weight is 565 g/mol. The van der Waals surface area contributed by atoms with Crippen molar-refractivity contribution in [2.75, 3.05) is 28.2 Å². The SMILES string of the molecule is CNC(=O)[C@@H](Cc1ccc(F)c(F)c1)N(C)C(=O)[C@@H](Cc1ccc2ccccc2c1)N(C)C(=O)C=CCC(C)NC. The van der Waals surface area contributed by atoms with E-state index in [1.165, 1.54) is 36.0 Å². The van der Waals surface area contributed by atoms with Gasteiger partial charge in [0.15, 0.2) is 11.6 Å². The van der Waals surface area contributed by atoms with Gasteiger partial charge < -0.3 is 20.4 Å². The number of hydrogen-bond acceptors (Lipinski definition) is 4. The molecule has 3 rings (SSSR count). The highest BCUT2D eigenvalue weighted by Gasteiger charge is 2.34. The normalized spacial score (nSPS) is 13.5. The predicted molar refractivity (Wildman–Crippen MR) is 157 cm³/mol. The molecule has 3 aromatic rings. The summed E-state index contributed by atoms with van der Waals surface area (Å²) in [5, 5.41) is 7.71. The Bertz CT molecular complexity index is 1410. The zero-order chi connectivity index (χ0) is 30.1. The summed E-state index contributed by atoms with van der Waals surface area (Å²) < 4.78 is 27.4. The van der Waals surface area contributed by atoms with Crippen molar-refractivity contribution in [2.24, 2.45) is 0 Å². The number of hydrogen-bond donors (Lipinski definition) is 2. The van der Waals surface area contributed by atoms with E-state index in [4.69, 9.17) is 0 Å². The number of carbonyl (C=O) groups is 3. The largest absolute Gasteiger partial charge is 0.357 e. The number of nitrogens with one attached hydrogen (secondary N) is 2. The van der Waals surface area contributed by atoms with Crippen molar-refractivity contribution < 1.29 is 23.2 Å². The second-order valence-corrected chi connectivity index (χ2v) is 10.2. The lowest BCUT2D eigenvalue weighted by atomic mass is 9.98. The highest BCUT2D eigenvalue weighted by Crippen LogP contribution is 2.20. The van der Waals surface area contributed by atoms with Crippen LogP contribution in [0, 0.1) is 11.6 Å². The van der Waals surface area contributed by atoms with E-state index in [9.17, 15) is 23.2 Å². The molecule has 0 aliphatic carbocycles. The molecule has 0 fully saturated rings. The van der Waals surface area contributed by atoms with E-state index in [0.717, 1.165) is 28.5 Å². The number of fused-ring (bicyclic) bond motifs is 1. The van der Waals surface area contributed by atoms with E-state index in [1.807, 2.05) is 56.4 Å². The van der Waals surface area contributed by atoms with Gasteiger partial charge in [0.25, 0.3) is 0 Å². The van der Waals surface area contributed by atoms with Gasteiger partial charge in [0.2, 0.25) is 17.7 Å². The van der Waals surface area contributed by atoms with E-state index in [-0.39, 0.29) is 24.8 Å². The molecule has 0 bridgehead atoms. The summed E-state index contributed by atoms with van der Waals surface area (Å²) in [4.78, 5) is 42.8. The number of benzene rings is 3. The highest BCUT2D eigenvalue weighted by molar-refractivity contribution is 5.95. The molecule has 9 heteroatoms. The smallest absolute Gasteiger partial charge is 0.246 e. The lowest BCUT2D eigenvalue weighted by Crippen LogP contribution is -2.55. The van der Waals surface area contributed by atoms with Gasteiger partial charge in [-0.3, -0.25) is 14.4 Å². The Morgan fingerprint density at radius 2 is 1.46 bits per heavy atom. The molecule has 1 unspecified atom stereocenters. The molecule has 0 saturated heterocycles. The van der Waals surface area contributed by atoms with Crippen LogP contribution in [0.1, 0.15) is 24.5 Å². The minimum atomic E-state index is -1.04. The maximum atomic E-state index is 14.0. The van der Waals surface area contributed by atoms with Gasteiger partial charge in [0.1, 0.15) is 12.1 Å². The van der Waals surface area contributed by atoms with Gasteiger partial charge in [-0.15, -0.1) is 0 Å². The summed E-state index contributed by atoms with van der Waals surface area (Å²) in [6, 6.07) is 15.3. The minimum absolute atomic E-state index is 0.0404. The van der Waals surface area contributed by atoms with Crippen LogP contribution in [0.3, 0.4) is 0 Å². The molecule has 0 aliphatic heterocycles. The highest BCUT2D eigenvalue weighted by atomic mass is 19.2. The van der Waals surface area contributed by atoms with E-state index in [0.29, 0.717) is 12.0 Å². The molecule has 3 amide bonds. The molecule has 7 nitrogen and oxygen atoms in total. The summed E-state index contributed by atoms with van der Waals surface area (Å²) in [5.41, 5.74) is 1.20. The van der Waals surface area contributed by atoms with E-state index in [2.05, 4.69) is 10.6 Å². The first-order valence-electron chi connectivity index (χ1n) is 13.6. The zero-order valence-corrected chi connectivity index (χ0v) is 24.2. The predicted octanol–water partition coefficient (Wildman–Crippen LogP) is 3.86. The van der Waals surface area contributed by atoms with E-state index in [1.54, 1.807) is 13.1 Å². The maximum Gasteiger partial charge on any atom is 0.246 e. The van der Waals surface area contributed by atoms with Crippen LogP contribution in [0.5, 0.6) is 0 Å². The summed E-state index contributed by atoms with van der Waals surface area (Å²) in [7, 11) is 6.33. The van der Waals surface area contributed by atoms with E-state index < -0.39 is 35.5 Å². The third-order valence-corrected chi connectivity index (χ3v) is 7.36. The maximum absolute atomic E-state index is 14.0. The molecule has 0 aliphatic rings. The van der Waals surface area contributed by atoms with Crippen LogP contribution in [0.2, 0.25) is 0 Å². The van der Waals surface area contributed by atoms with Crippen molar-refractivity contribution in [3.8, 4) is 0 Å². The number of rotatable bonds is 12. The fourth-order valence-corrected chi connectivity index (χ4v) is 4.59. The minimum Gasteiger partial charge on any atom is -0.357 e. The Balaban J connectivity index is 1.94. The Kier molecular flexibility index (Phi) is 11.1. The second kappa shape index (κ2) is 14.5. The molecule has 0 radical (unpaired) electrons. The van der Waals surface area contributed by atoms with Crippen LogP contribution in [0.4, 0.5) is 8.78 Å². The molecule has 0 saturated carbocycles. The Labute approximate surface area is 240 Å². The van der Waals surface area contributed by atoms with Gasteiger partial charge in [0, 0.05) is 40.0 Å². The Hall–Kier alpha value is -4.11. The quantitative estimate of drug-likeness (QED) is 0.328. The molecule has 3 atom stereocenters. The molecule has 0 heterocycles. The van der Waals surface area contributed by atoms with Crippen LogP contribution in [-0.2, 0) is 27.2 Å². The number of carbonyl (C=O) groups excluding carboxylic acids is 3. The van der Waals surface area contributed by atoms with Crippen molar-refractivity contribution in [1.82, 2.24) is 20.4 Å². The Morgan fingerprint density at radius 3 is 2.12 bits per heavy atom. The molecular weight excluding hydrogens is 526 g/mol. The molecule has 0 spiro atoms. The third kappa shape index (κ3) is 8.20. The Morgan fingerprint density at radius 1 is 0.829 bits per heavy atom. The number of likely N-dealkylation sites (N-methyl/N-ethyl adjacent to an activating group) is 3. The summed E-state index contributed by atoms with van der Waals surface area (Å²) in [6.45, 7) is 1.99. The number of halogens is 2. The van der Waals surface area contributed by atoms with Crippen molar-refractivity contribution in [2.45, 2.75) is 44.3 Å². The topological polar surface area (TPSA) is 81.8 Å². The van der Waals surface area contributed by atoms with Gasteiger partial charge in [-0.1, -0.05) is 54.6 Å². The molecule has 218 valence electrons. The standard InChI is InChI=1S/C32H38F2N4O3/c1-21(35-2)9-8-12-30(39)37(4)29(20-22-13-15-24-10-6-7-11-25(24)17-22)32(41)38(5)28(31(40)36-3)19-23-14-16-26(33)27(34)18-23/h6-8,10-18,21,28-29,35H,9,19-20H2,1-5H3,(H,36,40)/t21?,28-,29-/m1/s1. The monoisotopic (exact) mass is 564 g/mol. The zero-order valence-electron chi connectivity index (χ0n) is 24.2. The van der Waals surface area contributed by atoms with Crippen molar-refractivity contribution in [1.29, 1.82) is 0 Å². The van der Waals surface area contributed by atoms with Crippen LogP contribution < -0.4 is 10.6 Å². The van der Waals surface area contributed by atoms with Crippen LogP contribution in [-0.4, -0.2) is 73.8 Å². The summed E-state index contributed by atoms with van der Waals surface area (Å²) in [5.74, 6) is -3.31. The van der Waals surface area contributed by atoms with Crippen LogP contribution >= 0.6 is 0 Å². The van der Waals surface area contributed by atoms with Gasteiger partial charge in [-0.2, -0.15) is 0 Å². The van der Waals surface area contributed by atoms with Crippen molar-refractivity contribution >= 4 is 28.5 Å². The average Bonchev–Trinajstić information content (AvgIpc) is 2.98. The second-order valence-electron chi connectivity index (χ2n) is 10.2. The first kappa shape index (κ1) is 31.4. The van der Waals surface area contributed by atoms with Gasteiger partial charge in [-0.05, 0) is 60.5 Å². The lowest BCUT2D eigenvalue weighted by Gasteiger charge is -2.34. The first-order chi connectivity index (χ1) is 19.5. The molecule has 3 aromatic carbocycles. The van der Waals surface area contributed by atoms with Crippen LogP contribution in [0.15, 0.2) is 72.8 Å². The van der Waals surface area contributed by atoms with Gasteiger partial charge in [-0.25, -0.2) is 8.78 Å². The molecule has 2 N–H and O–H groups in total. The van der Waals surface area contributed by atoms with Crippen molar-refractivity contribution in [3.05, 3.63) is 95.6 Å². The van der Waals surface area contributed by atoms with Crippen LogP contribution in [0.25, 0.3) is 10.8 Å². The molecular formula is C32H38F2N4O3. The molecule has 41 heavy (non-hydrogen) atoms. The number of amides is 3. The third-order valence-electron chi connectivity index (χ3n) is 7.36. The summed E-state index contributed by atoms with van der Waals surface area (Å²) in [6.07, 6.45) is 4.01. The first-order valence-corrected chi connectivity index (χ1v) is 13.6. The van der Waals surface area contributed by atoms with Crippen molar-refractivity contribution in [3.63, 3.8) is 0 Å².